The van der Waals surface area contributed by atoms with E-state index in [9.17, 15) is 4.39 Å². The highest BCUT2D eigenvalue weighted by atomic mass is 32.2. The van der Waals surface area contributed by atoms with E-state index in [1.54, 1.807) is 6.07 Å². The first-order valence-electron chi connectivity index (χ1n) is 7.43. The van der Waals surface area contributed by atoms with Gasteiger partial charge in [-0.3, -0.25) is 0 Å². The molecular formula is C18H20FNS. The summed E-state index contributed by atoms with van der Waals surface area (Å²) in [6, 6.07) is 14.4. The number of hydrogen-bond donors (Lipinski definition) is 1. The topological polar surface area (TPSA) is 12.0 Å². The van der Waals surface area contributed by atoms with E-state index < -0.39 is 0 Å². The van der Waals surface area contributed by atoms with E-state index in [0.717, 1.165) is 18.5 Å². The van der Waals surface area contributed by atoms with Gasteiger partial charge >= 0.3 is 0 Å². The molecule has 0 spiro atoms. The van der Waals surface area contributed by atoms with Crippen molar-refractivity contribution in [2.24, 2.45) is 0 Å². The largest absolute Gasteiger partial charge is 0.309 e. The lowest BCUT2D eigenvalue weighted by Gasteiger charge is -2.24. The molecule has 1 nitrogen and oxygen atoms in total. The van der Waals surface area contributed by atoms with Crippen LogP contribution in [0.2, 0.25) is 0 Å². The number of halogens is 1. The smallest absolute Gasteiger partial charge is 0.126 e. The fraction of sp³-hybridized carbons (Fsp3) is 0.333. The van der Waals surface area contributed by atoms with Crippen molar-refractivity contribution >= 4 is 11.8 Å². The Bertz CT molecular complexity index is 616. The maximum absolute atomic E-state index is 13.9. The molecule has 0 radical (unpaired) electrons. The maximum atomic E-state index is 13.9. The molecule has 0 saturated carbocycles. The van der Waals surface area contributed by atoms with Crippen LogP contribution in [0.15, 0.2) is 47.4 Å². The fourth-order valence-corrected chi connectivity index (χ4v) is 4.32. The Morgan fingerprint density at radius 2 is 2.10 bits per heavy atom. The van der Waals surface area contributed by atoms with Gasteiger partial charge in [0.05, 0.1) is 0 Å². The highest BCUT2D eigenvalue weighted by molar-refractivity contribution is 8.00. The molecule has 1 heterocycles. The number of aryl methyl sites for hydroxylation is 1. The maximum Gasteiger partial charge on any atom is 0.126 e. The molecule has 2 aromatic rings. The zero-order valence-corrected chi connectivity index (χ0v) is 13.2. The third-order valence-electron chi connectivity index (χ3n) is 4.02. The summed E-state index contributed by atoms with van der Waals surface area (Å²) in [6.07, 6.45) is 1.04. The average molecular weight is 301 g/mol. The van der Waals surface area contributed by atoms with Crippen LogP contribution in [0, 0.1) is 12.7 Å². The van der Waals surface area contributed by atoms with E-state index in [-0.39, 0.29) is 11.9 Å². The molecule has 3 heteroatoms. The van der Waals surface area contributed by atoms with E-state index in [1.165, 1.54) is 10.5 Å². The Hall–Kier alpha value is -1.32. The lowest BCUT2D eigenvalue weighted by atomic mass is 9.97. The molecule has 3 rings (SSSR count). The van der Waals surface area contributed by atoms with Crippen LogP contribution in [0.3, 0.4) is 0 Å². The number of hydrogen-bond acceptors (Lipinski definition) is 2. The van der Waals surface area contributed by atoms with Crippen LogP contribution in [0.1, 0.15) is 29.7 Å². The van der Waals surface area contributed by atoms with Crippen molar-refractivity contribution in [1.29, 1.82) is 0 Å². The molecular weight excluding hydrogens is 281 g/mol. The first kappa shape index (κ1) is 14.6. The second-order valence-electron chi connectivity index (χ2n) is 5.51. The molecule has 0 aliphatic carbocycles. The van der Waals surface area contributed by atoms with Gasteiger partial charge in [-0.25, -0.2) is 4.39 Å². The highest BCUT2D eigenvalue weighted by Crippen LogP contribution is 2.42. The van der Waals surface area contributed by atoms with Crippen molar-refractivity contribution in [3.63, 3.8) is 0 Å². The van der Waals surface area contributed by atoms with Gasteiger partial charge in [-0.15, -0.1) is 11.8 Å². The van der Waals surface area contributed by atoms with E-state index >= 15 is 0 Å². The fourth-order valence-electron chi connectivity index (χ4n) is 2.88. The van der Waals surface area contributed by atoms with Gasteiger partial charge in [-0.2, -0.15) is 0 Å². The van der Waals surface area contributed by atoms with Gasteiger partial charge in [0.1, 0.15) is 5.82 Å². The molecule has 2 unspecified atom stereocenters. The minimum absolute atomic E-state index is 0.115. The number of rotatable bonds is 4. The molecule has 110 valence electrons. The van der Waals surface area contributed by atoms with Crippen molar-refractivity contribution in [1.82, 2.24) is 5.32 Å². The summed E-state index contributed by atoms with van der Waals surface area (Å²) in [4.78, 5) is 1.36. The van der Waals surface area contributed by atoms with Gasteiger partial charge in [0.2, 0.25) is 0 Å². The van der Waals surface area contributed by atoms with Crippen LogP contribution in [0.25, 0.3) is 0 Å². The second-order valence-corrected chi connectivity index (χ2v) is 6.79. The Morgan fingerprint density at radius 3 is 2.81 bits per heavy atom. The summed E-state index contributed by atoms with van der Waals surface area (Å²) in [6.45, 7) is 4.79. The molecule has 2 atom stereocenters. The van der Waals surface area contributed by atoms with Gasteiger partial charge in [0.25, 0.3) is 0 Å². The molecule has 1 aliphatic heterocycles. The Kier molecular flexibility index (Phi) is 4.32. The van der Waals surface area contributed by atoms with Gasteiger partial charge < -0.3 is 5.32 Å². The van der Waals surface area contributed by atoms with Crippen molar-refractivity contribution in [3.05, 3.63) is 65.0 Å². The monoisotopic (exact) mass is 301 g/mol. The van der Waals surface area contributed by atoms with Crippen molar-refractivity contribution in [2.45, 2.75) is 36.5 Å². The third-order valence-corrected chi connectivity index (χ3v) is 5.42. The van der Waals surface area contributed by atoms with Gasteiger partial charge in [-0.05, 0) is 48.7 Å². The number of thioether (sulfide) groups is 1. The van der Waals surface area contributed by atoms with Gasteiger partial charge in [0.15, 0.2) is 0 Å². The van der Waals surface area contributed by atoms with Gasteiger partial charge in [-0.1, -0.05) is 37.3 Å². The molecule has 1 aliphatic rings. The van der Waals surface area contributed by atoms with Crippen molar-refractivity contribution < 1.29 is 4.39 Å². The quantitative estimate of drug-likeness (QED) is 0.892. The summed E-state index contributed by atoms with van der Waals surface area (Å²) in [7, 11) is 0. The number of fused-ring (bicyclic) bond motifs is 1. The predicted molar refractivity (Wildman–Crippen MR) is 87.3 cm³/mol. The molecule has 0 bridgehead atoms. The predicted octanol–water partition coefficient (Wildman–Crippen LogP) is 4.50. The SMILES string of the molecule is CCNC(c1ccc(C)c(F)c1)C1Cc2ccccc2S1. The summed E-state index contributed by atoms with van der Waals surface area (Å²) in [5.74, 6) is -0.115. The van der Waals surface area contributed by atoms with Crippen molar-refractivity contribution in [2.75, 3.05) is 6.54 Å². The molecule has 0 saturated heterocycles. The van der Waals surface area contributed by atoms with E-state index in [2.05, 4.69) is 42.6 Å². The Balaban J connectivity index is 1.87. The number of nitrogens with one attached hydrogen (secondary N) is 1. The molecule has 1 N–H and O–H groups in total. The first-order chi connectivity index (χ1) is 10.2. The molecule has 0 amide bonds. The highest BCUT2D eigenvalue weighted by Gasteiger charge is 2.30. The summed E-state index contributed by atoms with van der Waals surface area (Å²) in [5.41, 5.74) is 3.16. The van der Waals surface area contributed by atoms with Crippen LogP contribution in [0.4, 0.5) is 4.39 Å². The lowest BCUT2D eigenvalue weighted by Crippen LogP contribution is -2.30. The average Bonchev–Trinajstić information content (AvgIpc) is 2.91. The molecule has 2 aromatic carbocycles. The van der Waals surface area contributed by atoms with Crippen LogP contribution in [0.5, 0.6) is 0 Å². The standard InChI is InChI=1S/C18H20FNS/c1-3-20-18(14-9-8-12(2)15(19)10-14)17-11-13-6-4-5-7-16(13)21-17/h4-10,17-18,20H,3,11H2,1-2H3. The normalized spacial score (nSPS) is 18.5. The van der Waals surface area contributed by atoms with Crippen molar-refractivity contribution in [3.8, 4) is 0 Å². The van der Waals surface area contributed by atoms with Crippen LogP contribution in [-0.2, 0) is 6.42 Å². The summed E-state index contributed by atoms with van der Waals surface area (Å²) >= 11 is 1.90. The molecule has 21 heavy (non-hydrogen) atoms. The zero-order valence-electron chi connectivity index (χ0n) is 12.4. The minimum Gasteiger partial charge on any atom is -0.309 e. The Labute approximate surface area is 130 Å². The van der Waals surface area contributed by atoms with Crippen LogP contribution >= 0.6 is 11.8 Å². The van der Waals surface area contributed by atoms with Gasteiger partial charge in [0, 0.05) is 16.2 Å². The zero-order chi connectivity index (χ0) is 14.8. The first-order valence-corrected chi connectivity index (χ1v) is 8.31. The minimum atomic E-state index is -0.115. The Morgan fingerprint density at radius 1 is 1.29 bits per heavy atom. The van der Waals surface area contributed by atoms with E-state index in [1.807, 2.05) is 24.8 Å². The lowest BCUT2D eigenvalue weighted by molar-refractivity contribution is 0.525. The summed E-state index contributed by atoms with van der Waals surface area (Å²) in [5, 5.41) is 3.96. The number of benzene rings is 2. The third kappa shape index (κ3) is 2.99. The second kappa shape index (κ2) is 6.20. The molecule has 0 fully saturated rings. The van der Waals surface area contributed by atoms with Crippen LogP contribution in [-0.4, -0.2) is 11.8 Å². The molecule has 0 aromatic heterocycles. The van der Waals surface area contributed by atoms with E-state index in [4.69, 9.17) is 0 Å². The van der Waals surface area contributed by atoms with Crippen LogP contribution < -0.4 is 5.32 Å². The summed E-state index contributed by atoms with van der Waals surface area (Å²) < 4.78 is 13.9. The van der Waals surface area contributed by atoms with E-state index in [0.29, 0.717) is 10.8 Å².